The van der Waals surface area contributed by atoms with Gasteiger partial charge in [0.05, 0.1) is 13.2 Å². The third kappa shape index (κ3) is 3.50. The number of ether oxygens (including phenoxy) is 1. The monoisotopic (exact) mass is 323 g/mol. The Morgan fingerprint density at radius 2 is 1.88 bits per heavy atom. The fourth-order valence-corrected chi connectivity index (χ4v) is 2.81. The SMILES string of the molecule is COc1cccc(C(O)CNCc2c(O)ccc3ccccc23)c1. The molecule has 1 unspecified atom stereocenters. The fourth-order valence-electron chi connectivity index (χ4n) is 2.81. The molecule has 0 radical (unpaired) electrons. The Morgan fingerprint density at radius 3 is 2.71 bits per heavy atom. The molecular weight excluding hydrogens is 302 g/mol. The van der Waals surface area contributed by atoms with E-state index in [1.807, 2.05) is 54.6 Å². The molecule has 3 N–H and O–H groups in total. The number of aliphatic hydroxyl groups excluding tert-OH is 1. The van der Waals surface area contributed by atoms with Gasteiger partial charge in [-0.25, -0.2) is 0 Å². The fraction of sp³-hybridized carbons (Fsp3) is 0.200. The van der Waals surface area contributed by atoms with Crippen LogP contribution in [-0.2, 0) is 6.54 Å². The van der Waals surface area contributed by atoms with Crippen LogP contribution in [0, 0.1) is 0 Å². The zero-order valence-corrected chi connectivity index (χ0v) is 13.6. The zero-order valence-electron chi connectivity index (χ0n) is 13.6. The van der Waals surface area contributed by atoms with E-state index >= 15 is 0 Å². The summed E-state index contributed by atoms with van der Waals surface area (Å²) in [5.74, 6) is 0.982. The normalized spacial score (nSPS) is 12.2. The molecule has 0 saturated heterocycles. The first-order valence-electron chi connectivity index (χ1n) is 7.91. The summed E-state index contributed by atoms with van der Waals surface area (Å²) in [7, 11) is 1.60. The summed E-state index contributed by atoms with van der Waals surface area (Å²) < 4.78 is 5.18. The molecule has 0 aliphatic rings. The second-order valence-corrected chi connectivity index (χ2v) is 5.71. The van der Waals surface area contributed by atoms with Crippen molar-refractivity contribution in [3.05, 3.63) is 71.8 Å². The van der Waals surface area contributed by atoms with Crippen LogP contribution >= 0.6 is 0 Å². The molecule has 124 valence electrons. The number of methoxy groups -OCH3 is 1. The predicted molar refractivity (Wildman–Crippen MR) is 95.3 cm³/mol. The topological polar surface area (TPSA) is 61.7 Å². The lowest BCUT2D eigenvalue weighted by molar-refractivity contribution is 0.174. The first-order valence-corrected chi connectivity index (χ1v) is 7.91. The largest absolute Gasteiger partial charge is 0.508 e. The van der Waals surface area contributed by atoms with Crippen molar-refractivity contribution >= 4 is 10.8 Å². The number of hydrogen-bond donors (Lipinski definition) is 3. The zero-order chi connectivity index (χ0) is 16.9. The summed E-state index contributed by atoms with van der Waals surface area (Å²) in [4.78, 5) is 0. The molecule has 4 heteroatoms. The molecule has 0 spiro atoms. The third-order valence-corrected chi connectivity index (χ3v) is 4.13. The minimum atomic E-state index is -0.641. The van der Waals surface area contributed by atoms with E-state index in [2.05, 4.69) is 5.32 Å². The van der Waals surface area contributed by atoms with E-state index < -0.39 is 6.10 Å². The Balaban J connectivity index is 1.69. The van der Waals surface area contributed by atoms with Gasteiger partial charge < -0.3 is 20.3 Å². The Labute approximate surface area is 141 Å². The highest BCUT2D eigenvalue weighted by Gasteiger charge is 2.10. The van der Waals surface area contributed by atoms with Gasteiger partial charge in [-0.3, -0.25) is 0 Å². The van der Waals surface area contributed by atoms with Crippen LogP contribution in [0.1, 0.15) is 17.2 Å². The van der Waals surface area contributed by atoms with Crippen LogP contribution in [0.5, 0.6) is 11.5 Å². The minimum absolute atomic E-state index is 0.261. The maximum absolute atomic E-state index is 10.3. The highest BCUT2D eigenvalue weighted by molar-refractivity contribution is 5.87. The predicted octanol–water partition coefficient (Wildman–Crippen LogP) is 3.38. The molecule has 0 aliphatic heterocycles. The van der Waals surface area contributed by atoms with Gasteiger partial charge >= 0.3 is 0 Å². The van der Waals surface area contributed by atoms with Gasteiger partial charge in [-0.15, -0.1) is 0 Å². The van der Waals surface area contributed by atoms with Crippen LogP contribution in [-0.4, -0.2) is 23.9 Å². The molecule has 0 fully saturated rings. The lowest BCUT2D eigenvalue weighted by Gasteiger charge is -2.15. The van der Waals surface area contributed by atoms with Crippen LogP contribution in [0.3, 0.4) is 0 Å². The Kier molecular flexibility index (Phi) is 4.99. The van der Waals surface area contributed by atoms with Gasteiger partial charge in [-0.05, 0) is 34.5 Å². The Morgan fingerprint density at radius 1 is 1.04 bits per heavy atom. The smallest absolute Gasteiger partial charge is 0.120 e. The average molecular weight is 323 g/mol. The van der Waals surface area contributed by atoms with Crippen molar-refractivity contribution in [2.24, 2.45) is 0 Å². The van der Waals surface area contributed by atoms with Crippen LogP contribution < -0.4 is 10.1 Å². The molecule has 3 aromatic rings. The van der Waals surface area contributed by atoms with Gasteiger partial charge in [-0.1, -0.05) is 42.5 Å². The molecule has 0 bridgehead atoms. The molecule has 3 rings (SSSR count). The Bertz CT molecular complexity index is 832. The quantitative estimate of drug-likeness (QED) is 0.651. The number of rotatable bonds is 6. The van der Waals surface area contributed by atoms with Gasteiger partial charge in [-0.2, -0.15) is 0 Å². The number of phenols is 1. The molecule has 0 heterocycles. The van der Waals surface area contributed by atoms with Crippen molar-refractivity contribution in [2.45, 2.75) is 12.6 Å². The van der Waals surface area contributed by atoms with Crippen LogP contribution in [0.2, 0.25) is 0 Å². The van der Waals surface area contributed by atoms with E-state index in [-0.39, 0.29) is 5.75 Å². The molecule has 0 aliphatic carbocycles. The minimum Gasteiger partial charge on any atom is -0.508 e. The number of benzene rings is 3. The van der Waals surface area contributed by atoms with Crippen molar-refractivity contribution in [1.29, 1.82) is 0 Å². The van der Waals surface area contributed by atoms with E-state index in [1.165, 1.54) is 0 Å². The maximum Gasteiger partial charge on any atom is 0.120 e. The van der Waals surface area contributed by atoms with Gasteiger partial charge in [0.25, 0.3) is 0 Å². The van der Waals surface area contributed by atoms with Crippen LogP contribution in [0.15, 0.2) is 60.7 Å². The van der Waals surface area contributed by atoms with Crippen molar-refractivity contribution in [3.8, 4) is 11.5 Å². The highest BCUT2D eigenvalue weighted by atomic mass is 16.5. The van der Waals surface area contributed by atoms with E-state index in [0.29, 0.717) is 13.1 Å². The number of fused-ring (bicyclic) bond motifs is 1. The summed E-state index contributed by atoms with van der Waals surface area (Å²) >= 11 is 0. The third-order valence-electron chi connectivity index (χ3n) is 4.13. The van der Waals surface area contributed by atoms with Gasteiger partial charge in [0.1, 0.15) is 11.5 Å². The second kappa shape index (κ2) is 7.34. The molecule has 0 aromatic heterocycles. The Hall–Kier alpha value is -2.56. The van der Waals surface area contributed by atoms with Crippen molar-refractivity contribution in [2.75, 3.05) is 13.7 Å². The number of hydrogen-bond acceptors (Lipinski definition) is 4. The first-order chi connectivity index (χ1) is 11.7. The van der Waals surface area contributed by atoms with E-state index in [9.17, 15) is 10.2 Å². The van der Waals surface area contributed by atoms with Gasteiger partial charge in [0.2, 0.25) is 0 Å². The molecule has 4 nitrogen and oxygen atoms in total. The lowest BCUT2D eigenvalue weighted by atomic mass is 10.0. The number of phenolic OH excluding ortho intramolecular Hbond substituents is 1. The lowest BCUT2D eigenvalue weighted by Crippen LogP contribution is -2.21. The van der Waals surface area contributed by atoms with E-state index in [4.69, 9.17) is 4.74 Å². The average Bonchev–Trinajstić information content (AvgIpc) is 2.63. The summed E-state index contributed by atoms with van der Waals surface area (Å²) in [6, 6.07) is 18.9. The van der Waals surface area contributed by atoms with E-state index in [1.54, 1.807) is 13.2 Å². The molecular formula is C20H21NO3. The first kappa shape index (κ1) is 16.3. The molecule has 1 atom stereocenters. The summed E-state index contributed by atoms with van der Waals surface area (Å²) in [6.45, 7) is 0.865. The van der Waals surface area contributed by atoms with Crippen LogP contribution in [0.25, 0.3) is 10.8 Å². The van der Waals surface area contributed by atoms with Crippen molar-refractivity contribution in [1.82, 2.24) is 5.32 Å². The standard InChI is InChI=1S/C20H21NO3/c1-24-16-7-4-6-15(11-16)20(23)13-21-12-18-17-8-3-2-5-14(17)9-10-19(18)22/h2-11,20-23H,12-13H2,1H3. The second-order valence-electron chi connectivity index (χ2n) is 5.71. The molecule has 0 saturated carbocycles. The number of aromatic hydroxyl groups is 1. The van der Waals surface area contributed by atoms with Crippen molar-refractivity contribution in [3.63, 3.8) is 0 Å². The molecule has 3 aromatic carbocycles. The summed E-state index contributed by atoms with van der Waals surface area (Å²) in [5.41, 5.74) is 1.63. The van der Waals surface area contributed by atoms with E-state index in [0.717, 1.165) is 27.6 Å². The van der Waals surface area contributed by atoms with Crippen LogP contribution in [0.4, 0.5) is 0 Å². The highest BCUT2D eigenvalue weighted by Crippen LogP contribution is 2.27. The maximum atomic E-state index is 10.3. The van der Waals surface area contributed by atoms with Gasteiger partial charge in [0, 0.05) is 18.7 Å². The number of nitrogens with one attached hydrogen (secondary N) is 1. The van der Waals surface area contributed by atoms with Crippen molar-refractivity contribution < 1.29 is 14.9 Å². The summed E-state index contributed by atoms with van der Waals surface area (Å²) in [6.07, 6.45) is -0.641. The van der Waals surface area contributed by atoms with Gasteiger partial charge in [0.15, 0.2) is 0 Å². The number of aliphatic hydroxyl groups is 1. The summed E-state index contributed by atoms with van der Waals surface area (Å²) in [5, 5.41) is 25.8. The molecule has 0 amide bonds. The molecule has 24 heavy (non-hydrogen) atoms.